The zero-order chi connectivity index (χ0) is 22.0. The molecule has 1 atom stereocenters. The van der Waals surface area contributed by atoms with Gasteiger partial charge in [0.25, 0.3) is 11.7 Å². The van der Waals surface area contributed by atoms with Crippen molar-refractivity contribution in [3.8, 4) is 0 Å². The molecule has 3 aromatic rings. The zero-order valence-electron chi connectivity index (χ0n) is 16.5. The lowest BCUT2D eigenvalue weighted by Crippen LogP contribution is -2.31. The van der Waals surface area contributed by atoms with E-state index in [4.69, 9.17) is 11.6 Å². The summed E-state index contributed by atoms with van der Waals surface area (Å²) in [5.41, 5.74) is 2.00. The van der Waals surface area contributed by atoms with Crippen LogP contribution in [-0.2, 0) is 16.0 Å². The normalized spacial score (nSPS) is 17.9. The summed E-state index contributed by atoms with van der Waals surface area (Å²) in [4.78, 5) is 27.3. The van der Waals surface area contributed by atoms with E-state index in [-0.39, 0.29) is 23.7 Å². The van der Waals surface area contributed by atoms with Gasteiger partial charge in [-0.3, -0.25) is 9.59 Å². The van der Waals surface area contributed by atoms with E-state index in [9.17, 15) is 19.1 Å². The molecule has 1 N–H and O–H groups in total. The van der Waals surface area contributed by atoms with Crippen LogP contribution in [0.3, 0.4) is 0 Å². The predicted molar refractivity (Wildman–Crippen MR) is 117 cm³/mol. The highest BCUT2D eigenvalue weighted by Gasteiger charge is 2.45. The average molecular weight is 436 g/mol. The number of aliphatic hydroxyl groups is 1. The quantitative estimate of drug-likeness (QED) is 0.343. The molecule has 0 aromatic heterocycles. The van der Waals surface area contributed by atoms with Crippen molar-refractivity contribution in [1.82, 2.24) is 4.90 Å². The van der Waals surface area contributed by atoms with Crippen molar-refractivity contribution in [3.05, 3.63) is 112 Å². The number of hydrogen-bond acceptors (Lipinski definition) is 3. The lowest BCUT2D eigenvalue weighted by Gasteiger charge is -2.25. The van der Waals surface area contributed by atoms with Crippen LogP contribution in [-0.4, -0.2) is 28.2 Å². The minimum atomic E-state index is -0.736. The van der Waals surface area contributed by atoms with Gasteiger partial charge in [-0.2, -0.15) is 0 Å². The molecule has 0 aliphatic carbocycles. The van der Waals surface area contributed by atoms with Gasteiger partial charge in [-0.1, -0.05) is 54.1 Å². The first-order valence-corrected chi connectivity index (χ1v) is 10.2. The van der Waals surface area contributed by atoms with Gasteiger partial charge in [-0.15, -0.1) is 0 Å². The van der Waals surface area contributed by atoms with E-state index in [0.29, 0.717) is 17.0 Å². The van der Waals surface area contributed by atoms with E-state index in [1.807, 2.05) is 30.3 Å². The Balaban J connectivity index is 1.74. The number of carbonyl (C=O) groups excluding carboxylic acids is 2. The number of nitrogens with zero attached hydrogens (tertiary/aromatic N) is 1. The van der Waals surface area contributed by atoms with Gasteiger partial charge in [0.2, 0.25) is 0 Å². The second kappa shape index (κ2) is 8.74. The second-order valence-corrected chi connectivity index (χ2v) is 7.72. The number of aliphatic hydroxyl groups excluding tert-OH is 1. The van der Waals surface area contributed by atoms with Crippen LogP contribution in [0.4, 0.5) is 4.39 Å². The fourth-order valence-electron chi connectivity index (χ4n) is 3.76. The maximum absolute atomic E-state index is 13.2. The van der Waals surface area contributed by atoms with E-state index in [0.717, 1.165) is 11.1 Å². The highest BCUT2D eigenvalue weighted by molar-refractivity contribution is 6.46. The third kappa shape index (κ3) is 4.23. The van der Waals surface area contributed by atoms with Crippen molar-refractivity contribution >= 4 is 29.1 Å². The summed E-state index contributed by atoms with van der Waals surface area (Å²) in [6.45, 7) is 0.243. The fraction of sp³-hybridized carbons (Fsp3) is 0.120. The summed E-state index contributed by atoms with van der Waals surface area (Å²) in [5.74, 6) is -1.99. The summed E-state index contributed by atoms with van der Waals surface area (Å²) in [5, 5.41) is 11.5. The Morgan fingerprint density at radius 1 is 0.935 bits per heavy atom. The van der Waals surface area contributed by atoms with Gasteiger partial charge >= 0.3 is 0 Å². The van der Waals surface area contributed by atoms with Crippen molar-refractivity contribution in [3.63, 3.8) is 0 Å². The minimum absolute atomic E-state index is 0.0395. The van der Waals surface area contributed by atoms with Crippen LogP contribution in [0.2, 0.25) is 5.02 Å². The van der Waals surface area contributed by atoms with Crippen LogP contribution in [0, 0.1) is 5.82 Å². The van der Waals surface area contributed by atoms with Crippen molar-refractivity contribution in [2.45, 2.75) is 12.5 Å². The highest BCUT2D eigenvalue weighted by atomic mass is 35.5. The van der Waals surface area contributed by atoms with E-state index in [1.54, 1.807) is 36.4 Å². The Hall–Kier alpha value is -3.44. The molecule has 6 heteroatoms. The highest BCUT2D eigenvalue weighted by Crippen LogP contribution is 2.39. The molecule has 1 fully saturated rings. The van der Waals surface area contributed by atoms with Crippen molar-refractivity contribution in [2.24, 2.45) is 0 Å². The largest absolute Gasteiger partial charge is 0.507 e. The predicted octanol–water partition coefficient (Wildman–Crippen LogP) is 5.14. The summed E-state index contributed by atoms with van der Waals surface area (Å²) in [6.07, 6.45) is 0.442. The topological polar surface area (TPSA) is 57.6 Å². The van der Waals surface area contributed by atoms with Crippen LogP contribution in [0.1, 0.15) is 22.7 Å². The lowest BCUT2D eigenvalue weighted by molar-refractivity contribution is -0.139. The summed E-state index contributed by atoms with van der Waals surface area (Å²) >= 11 is 5.93. The van der Waals surface area contributed by atoms with Gasteiger partial charge in [0, 0.05) is 17.1 Å². The number of Topliss-reactive ketones (excluding diaryl/α,β-unsaturated/α-hetero) is 1. The molecular weight excluding hydrogens is 417 g/mol. The number of halogens is 2. The lowest BCUT2D eigenvalue weighted by atomic mass is 9.95. The summed E-state index contributed by atoms with van der Waals surface area (Å²) in [6, 6.07) is 20.8. The fourth-order valence-corrected chi connectivity index (χ4v) is 3.88. The minimum Gasteiger partial charge on any atom is -0.507 e. The molecule has 0 saturated carbocycles. The number of amides is 1. The maximum Gasteiger partial charge on any atom is 0.295 e. The number of rotatable bonds is 5. The van der Waals surface area contributed by atoms with E-state index in [2.05, 4.69) is 0 Å². The smallest absolute Gasteiger partial charge is 0.295 e. The SMILES string of the molecule is O=C1C(=O)N(CCc2ccc(F)cc2)C(c2ccccc2)/C1=C(/O)c1ccc(Cl)cc1. The van der Waals surface area contributed by atoms with Gasteiger partial charge < -0.3 is 10.0 Å². The Bertz CT molecular complexity index is 1140. The van der Waals surface area contributed by atoms with Crippen LogP contribution < -0.4 is 0 Å². The monoisotopic (exact) mass is 435 g/mol. The van der Waals surface area contributed by atoms with Crippen molar-refractivity contribution in [1.29, 1.82) is 0 Å². The zero-order valence-corrected chi connectivity index (χ0v) is 17.2. The Morgan fingerprint density at radius 3 is 2.23 bits per heavy atom. The number of likely N-dealkylation sites (tertiary alicyclic amines) is 1. The molecule has 4 nitrogen and oxygen atoms in total. The summed E-state index contributed by atoms with van der Waals surface area (Å²) < 4.78 is 13.2. The molecule has 0 spiro atoms. The molecule has 1 aliphatic rings. The average Bonchev–Trinajstić information content (AvgIpc) is 3.04. The molecule has 0 radical (unpaired) electrons. The maximum atomic E-state index is 13.2. The molecule has 1 amide bonds. The van der Waals surface area contributed by atoms with Gasteiger partial charge in [0.15, 0.2) is 0 Å². The third-order valence-electron chi connectivity index (χ3n) is 5.33. The van der Waals surface area contributed by atoms with Crippen molar-refractivity contribution < 1.29 is 19.1 Å². The van der Waals surface area contributed by atoms with Gasteiger partial charge in [0.05, 0.1) is 11.6 Å². The molecule has 0 bridgehead atoms. The first-order valence-electron chi connectivity index (χ1n) is 9.79. The molecular formula is C25H19ClFNO3. The molecule has 1 saturated heterocycles. The van der Waals surface area contributed by atoms with Crippen LogP contribution in [0.5, 0.6) is 0 Å². The van der Waals surface area contributed by atoms with E-state index < -0.39 is 17.7 Å². The second-order valence-electron chi connectivity index (χ2n) is 7.29. The molecule has 1 heterocycles. The molecule has 1 unspecified atom stereocenters. The summed E-state index contributed by atoms with van der Waals surface area (Å²) in [7, 11) is 0. The van der Waals surface area contributed by atoms with E-state index >= 15 is 0 Å². The number of carbonyl (C=O) groups is 2. The Labute approximate surface area is 184 Å². The van der Waals surface area contributed by atoms with Crippen LogP contribution >= 0.6 is 11.6 Å². The Morgan fingerprint density at radius 2 is 1.58 bits per heavy atom. The van der Waals surface area contributed by atoms with Gasteiger partial charge in [-0.25, -0.2) is 4.39 Å². The van der Waals surface area contributed by atoms with Crippen molar-refractivity contribution in [2.75, 3.05) is 6.54 Å². The Kier molecular flexibility index (Phi) is 5.87. The number of ketones is 1. The molecule has 4 rings (SSSR count). The van der Waals surface area contributed by atoms with Crippen LogP contribution in [0.15, 0.2) is 84.4 Å². The molecule has 3 aromatic carbocycles. The molecule has 31 heavy (non-hydrogen) atoms. The first-order chi connectivity index (χ1) is 15.0. The number of hydrogen-bond donors (Lipinski definition) is 1. The van der Waals surface area contributed by atoms with Gasteiger partial charge in [0.1, 0.15) is 11.6 Å². The number of benzene rings is 3. The van der Waals surface area contributed by atoms with Crippen LogP contribution in [0.25, 0.3) is 5.76 Å². The first kappa shape index (κ1) is 20.8. The standard InChI is InChI=1S/C25H19ClFNO3/c26-19-10-8-18(9-11-19)23(29)21-22(17-4-2-1-3-5-17)28(25(31)24(21)30)15-14-16-6-12-20(27)13-7-16/h1-13,22,29H,14-15H2/b23-21-. The molecule has 1 aliphatic heterocycles. The van der Waals surface area contributed by atoms with E-state index in [1.165, 1.54) is 17.0 Å². The molecule has 156 valence electrons. The third-order valence-corrected chi connectivity index (χ3v) is 5.58. The van der Waals surface area contributed by atoms with Gasteiger partial charge in [-0.05, 0) is 53.9 Å².